The SMILES string of the molecule is CN1CCCc2cc(C(=O)N[C@@H]3COC[C@@H](O)[C@H]3O)ccc21. The van der Waals surface area contributed by atoms with Gasteiger partial charge >= 0.3 is 0 Å². The van der Waals surface area contributed by atoms with Crippen molar-refractivity contribution in [3.05, 3.63) is 29.3 Å². The molecule has 3 atom stereocenters. The summed E-state index contributed by atoms with van der Waals surface area (Å²) in [5, 5.41) is 22.2. The summed E-state index contributed by atoms with van der Waals surface area (Å²) in [6.07, 6.45) is 0.0858. The topological polar surface area (TPSA) is 82.0 Å². The lowest BCUT2D eigenvalue weighted by atomic mass is 9.98. The summed E-state index contributed by atoms with van der Waals surface area (Å²) in [5.41, 5.74) is 2.91. The number of carbonyl (C=O) groups is 1. The van der Waals surface area contributed by atoms with Crippen molar-refractivity contribution in [2.75, 3.05) is 31.7 Å². The van der Waals surface area contributed by atoms with E-state index in [4.69, 9.17) is 4.74 Å². The van der Waals surface area contributed by atoms with E-state index in [1.54, 1.807) is 6.07 Å². The zero-order valence-corrected chi connectivity index (χ0v) is 12.7. The van der Waals surface area contributed by atoms with Gasteiger partial charge < -0.3 is 25.2 Å². The van der Waals surface area contributed by atoms with E-state index in [2.05, 4.69) is 17.3 Å². The van der Waals surface area contributed by atoms with Crippen molar-refractivity contribution < 1.29 is 19.7 Å². The van der Waals surface area contributed by atoms with Crippen molar-refractivity contribution in [1.29, 1.82) is 0 Å². The summed E-state index contributed by atoms with van der Waals surface area (Å²) >= 11 is 0. The van der Waals surface area contributed by atoms with E-state index in [-0.39, 0.29) is 19.1 Å². The number of rotatable bonds is 2. The van der Waals surface area contributed by atoms with Crippen LogP contribution in [0.1, 0.15) is 22.3 Å². The molecule has 1 aromatic carbocycles. The number of fused-ring (bicyclic) bond motifs is 1. The van der Waals surface area contributed by atoms with Gasteiger partial charge in [-0.25, -0.2) is 0 Å². The molecular formula is C16H22N2O4. The molecule has 0 aromatic heterocycles. The van der Waals surface area contributed by atoms with Gasteiger partial charge in [-0.3, -0.25) is 4.79 Å². The van der Waals surface area contributed by atoms with Crippen LogP contribution in [0.5, 0.6) is 0 Å². The Bertz CT molecular complexity index is 563. The predicted octanol–water partition coefficient (Wildman–Crippen LogP) is -0.0806. The average Bonchev–Trinajstić information content (AvgIpc) is 2.51. The molecule has 3 N–H and O–H groups in total. The summed E-state index contributed by atoms with van der Waals surface area (Å²) in [5.74, 6) is -0.252. The molecule has 1 amide bonds. The van der Waals surface area contributed by atoms with Crippen LogP contribution in [0.3, 0.4) is 0 Å². The lowest BCUT2D eigenvalue weighted by Gasteiger charge is -2.32. The summed E-state index contributed by atoms with van der Waals surface area (Å²) in [6, 6.07) is 5.08. The molecule has 3 rings (SSSR count). The molecule has 6 nitrogen and oxygen atoms in total. The highest BCUT2D eigenvalue weighted by molar-refractivity contribution is 5.95. The summed E-state index contributed by atoms with van der Waals surface area (Å²) < 4.78 is 5.17. The molecule has 120 valence electrons. The number of aliphatic hydroxyl groups excluding tert-OH is 2. The Hall–Kier alpha value is -1.63. The van der Waals surface area contributed by atoms with Gasteiger partial charge in [0.15, 0.2) is 0 Å². The molecule has 0 spiro atoms. The Kier molecular flexibility index (Phi) is 4.33. The van der Waals surface area contributed by atoms with E-state index >= 15 is 0 Å². The lowest BCUT2D eigenvalue weighted by Crippen LogP contribution is -2.55. The van der Waals surface area contributed by atoms with Gasteiger partial charge in [-0.1, -0.05) is 0 Å². The molecule has 1 aromatic rings. The van der Waals surface area contributed by atoms with E-state index in [9.17, 15) is 15.0 Å². The zero-order chi connectivity index (χ0) is 15.7. The van der Waals surface area contributed by atoms with Gasteiger partial charge in [-0.05, 0) is 36.6 Å². The quantitative estimate of drug-likeness (QED) is 0.712. The van der Waals surface area contributed by atoms with Gasteiger partial charge in [0.05, 0.1) is 19.3 Å². The van der Waals surface area contributed by atoms with Crippen molar-refractivity contribution in [3.8, 4) is 0 Å². The number of anilines is 1. The fourth-order valence-electron chi connectivity index (χ4n) is 3.09. The molecule has 2 heterocycles. The Morgan fingerprint density at radius 3 is 3.00 bits per heavy atom. The van der Waals surface area contributed by atoms with Crippen LogP contribution in [0, 0.1) is 0 Å². The third kappa shape index (κ3) is 2.95. The average molecular weight is 306 g/mol. The molecule has 0 bridgehead atoms. The van der Waals surface area contributed by atoms with E-state index in [0.29, 0.717) is 5.56 Å². The maximum Gasteiger partial charge on any atom is 0.251 e. The first kappa shape index (κ1) is 15.3. The number of ether oxygens (including phenoxy) is 1. The maximum absolute atomic E-state index is 12.4. The fourth-order valence-corrected chi connectivity index (χ4v) is 3.09. The minimum absolute atomic E-state index is 0.0959. The molecule has 6 heteroatoms. The Morgan fingerprint density at radius 2 is 2.18 bits per heavy atom. The largest absolute Gasteiger partial charge is 0.388 e. The van der Waals surface area contributed by atoms with Crippen LogP contribution < -0.4 is 10.2 Å². The number of nitrogens with one attached hydrogen (secondary N) is 1. The van der Waals surface area contributed by atoms with Crippen molar-refractivity contribution in [2.45, 2.75) is 31.1 Å². The second-order valence-corrected chi connectivity index (χ2v) is 6.04. The number of hydrogen-bond donors (Lipinski definition) is 3. The van der Waals surface area contributed by atoms with Crippen LogP contribution in [0.2, 0.25) is 0 Å². The van der Waals surface area contributed by atoms with Crippen LogP contribution in [0.4, 0.5) is 5.69 Å². The van der Waals surface area contributed by atoms with E-state index in [1.165, 1.54) is 11.3 Å². The van der Waals surface area contributed by atoms with Crippen LogP contribution in [-0.4, -0.2) is 61.2 Å². The number of aliphatic hydroxyl groups is 2. The normalized spacial score (nSPS) is 28.1. The standard InChI is InChI=1S/C16H22N2O4/c1-18-6-2-3-10-7-11(4-5-13(10)18)16(21)17-12-8-22-9-14(19)15(12)20/h4-5,7,12,14-15,19-20H,2-3,6,8-9H2,1H3,(H,17,21)/t12-,14-,15+/m1/s1. The van der Waals surface area contributed by atoms with Crippen LogP contribution >= 0.6 is 0 Å². The van der Waals surface area contributed by atoms with Crippen LogP contribution in [0.25, 0.3) is 0 Å². The van der Waals surface area contributed by atoms with Gasteiger partial charge in [0.25, 0.3) is 5.91 Å². The molecule has 0 aliphatic carbocycles. The molecule has 2 aliphatic rings. The first-order valence-corrected chi connectivity index (χ1v) is 7.65. The molecule has 0 unspecified atom stereocenters. The minimum Gasteiger partial charge on any atom is -0.388 e. The number of aryl methyl sites for hydroxylation is 1. The van der Waals surface area contributed by atoms with E-state index in [0.717, 1.165) is 19.4 Å². The maximum atomic E-state index is 12.4. The lowest BCUT2D eigenvalue weighted by molar-refractivity contribution is -0.102. The third-order valence-electron chi connectivity index (χ3n) is 4.40. The van der Waals surface area contributed by atoms with Crippen molar-refractivity contribution in [2.24, 2.45) is 0 Å². The Labute approximate surface area is 129 Å². The van der Waals surface area contributed by atoms with Gasteiger partial charge in [0.1, 0.15) is 12.2 Å². The monoisotopic (exact) mass is 306 g/mol. The molecule has 2 aliphatic heterocycles. The van der Waals surface area contributed by atoms with Gasteiger partial charge in [0, 0.05) is 24.8 Å². The fraction of sp³-hybridized carbons (Fsp3) is 0.562. The van der Waals surface area contributed by atoms with Crippen LogP contribution in [0.15, 0.2) is 18.2 Å². The highest BCUT2D eigenvalue weighted by Gasteiger charge is 2.32. The zero-order valence-electron chi connectivity index (χ0n) is 12.7. The molecular weight excluding hydrogens is 284 g/mol. The van der Waals surface area contributed by atoms with Crippen LogP contribution in [-0.2, 0) is 11.2 Å². The molecule has 0 radical (unpaired) electrons. The molecule has 22 heavy (non-hydrogen) atoms. The minimum atomic E-state index is -0.999. The van der Waals surface area contributed by atoms with Crippen molar-refractivity contribution in [1.82, 2.24) is 5.32 Å². The Morgan fingerprint density at radius 1 is 1.36 bits per heavy atom. The molecule has 0 saturated carbocycles. The van der Waals surface area contributed by atoms with E-state index < -0.39 is 18.2 Å². The first-order chi connectivity index (χ1) is 10.6. The van der Waals surface area contributed by atoms with Gasteiger partial charge in [0.2, 0.25) is 0 Å². The number of benzene rings is 1. The first-order valence-electron chi connectivity index (χ1n) is 7.65. The molecule has 1 saturated heterocycles. The number of hydrogen-bond acceptors (Lipinski definition) is 5. The smallest absolute Gasteiger partial charge is 0.251 e. The molecule has 1 fully saturated rings. The summed E-state index contributed by atoms with van der Waals surface area (Å²) in [4.78, 5) is 14.5. The number of nitrogens with zero attached hydrogens (tertiary/aromatic N) is 1. The van der Waals surface area contributed by atoms with Gasteiger partial charge in [-0.2, -0.15) is 0 Å². The highest BCUT2D eigenvalue weighted by atomic mass is 16.5. The number of amides is 1. The summed E-state index contributed by atoms with van der Waals surface area (Å²) in [7, 11) is 2.05. The third-order valence-corrected chi connectivity index (χ3v) is 4.40. The Balaban J connectivity index is 1.72. The predicted molar refractivity (Wildman–Crippen MR) is 82.1 cm³/mol. The van der Waals surface area contributed by atoms with Crippen molar-refractivity contribution in [3.63, 3.8) is 0 Å². The number of carbonyl (C=O) groups excluding carboxylic acids is 1. The second-order valence-electron chi connectivity index (χ2n) is 6.04. The highest BCUT2D eigenvalue weighted by Crippen LogP contribution is 2.26. The van der Waals surface area contributed by atoms with Crippen molar-refractivity contribution >= 4 is 11.6 Å². The van der Waals surface area contributed by atoms with Gasteiger partial charge in [-0.15, -0.1) is 0 Å². The second kappa shape index (κ2) is 6.24. The summed E-state index contributed by atoms with van der Waals surface area (Å²) in [6.45, 7) is 1.33. The van der Waals surface area contributed by atoms with E-state index in [1.807, 2.05) is 12.1 Å².